The Morgan fingerprint density at radius 3 is 2.81 bits per heavy atom. The van der Waals surface area contributed by atoms with Gasteiger partial charge in [0.15, 0.2) is 11.4 Å². The van der Waals surface area contributed by atoms with Gasteiger partial charge < -0.3 is 19.5 Å². The highest BCUT2D eigenvalue weighted by Gasteiger charge is 2.41. The van der Waals surface area contributed by atoms with Crippen LogP contribution in [0.4, 0.5) is 0 Å². The van der Waals surface area contributed by atoms with Crippen LogP contribution in [0.15, 0.2) is 4.52 Å². The van der Waals surface area contributed by atoms with Gasteiger partial charge in [-0.15, -0.1) is 0 Å². The van der Waals surface area contributed by atoms with Crippen LogP contribution in [-0.4, -0.2) is 58.2 Å². The van der Waals surface area contributed by atoms with Gasteiger partial charge in [-0.25, -0.2) is 0 Å². The number of rotatable bonds is 6. The number of aromatic nitrogens is 2. The predicted octanol–water partition coefficient (Wildman–Crippen LogP) is 1.24. The third kappa shape index (κ3) is 4.41. The molecule has 1 aromatic rings. The van der Waals surface area contributed by atoms with Crippen LogP contribution in [0, 0.1) is 0 Å². The molecule has 0 bridgehead atoms. The first-order chi connectivity index (χ1) is 12.5. The van der Waals surface area contributed by atoms with Crippen molar-refractivity contribution in [1.82, 2.24) is 20.4 Å². The average Bonchev–Trinajstić information content (AvgIpc) is 3.31. The average molecular weight is 364 g/mol. The van der Waals surface area contributed by atoms with Crippen molar-refractivity contribution in [2.75, 3.05) is 19.7 Å². The molecule has 1 saturated heterocycles. The molecule has 1 aliphatic heterocycles. The summed E-state index contributed by atoms with van der Waals surface area (Å²) in [6.45, 7) is 4.84. The zero-order valence-electron chi connectivity index (χ0n) is 15.6. The van der Waals surface area contributed by atoms with Gasteiger partial charge in [0.25, 0.3) is 5.91 Å². The van der Waals surface area contributed by atoms with Gasteiger partial charge in [0, 0.05) is 31.8 Å². The molecule has 2 heterocycles. The van der Waals surface area contributed by atoms with Crippen molar-refractivity contribution in [3.8, 4) is 0 Å². The number of carbonyl (C=O) groups excluding carboxylic acids is 2. The molecular weight excluding hydrogens is 336 g/mol. The van der Waals surface area contributed by atoms with Gasteiger partial charge in [0.2, 0.25) is 11.8 Å². The van der Waals surface area contributed by atoms with E-state index >= 15 is 0 Å². The van der Waals surface area contributed by atoms with E-state index in [0.717, 1.165) is 25.7 Å². The van der Waals surface area contributed by atoms with Crippen molar-refractivity contribution in [2.24, 2.45) is 0 Å². The van der Waals surface area contributed by atoms with Gasteiger partial charge in [-0.1, -0.05) is 24.9 Å². The third-order valence-corrected chi connectivity index (χ3v) is 5.18. The molecule has 8 heteroatoms. The molecule has 2 amide bonds. The minimum Gasteiger partial charge on any atom is -0.362 e. The van der Waals surface area contributed by atoms with E-state index < -0.39 is 5.60 Å². The lowest BCUT2D eigenvalue weighted by molar-refractivity contribution is -0.163. The Morgan fingerprint density at radius 2 is 2.12 bits per heavy atom. The van der Waals surface area contributed by atoms with Gasteiger partial charge in [-0.2, -0.15) is 4.98 Å². The maximum absolute atomic E-state index is 12.7. The summed E-state index contributed by atoms with van der Waals surface area (Å²) in [5, 5.41) is 6.92. The molecule has 1 N–H and O–H groups in total. The van der Waals surface area contributed by atoms with Crippen molar-refractivity contribution < 1.29 is 18.8 Å². The molecule has 144 valence electrons. The van der Waals surface area contributed by atoms with E-state index in [1.54, 1.807) is 11.8 Å². The summed E-state index contributed by atoms with van der Waals surface area (Å²) in [6.07, 6.45) is 5.75. The summed E-state index contributed by atoms with van der Waals surface area (Å²) in [5.74, 6) is 0.982. The van der Waals surface area contributed by atoms with Crippen LogP contribution in [0.2, 0.25) is 0 Å². The summed E-state index contributed by atoms with van der Waals surface area (Å²) in [5.41, 5.74) is -0.990. The Bertz CT molecular complexity index is 641. The predicted molar refractivity (Wildman–Crippen MR) is 93.3 cm³/mol. The van der Waals surface area contributed by atoms with Crippen LogP contribution in [-0.2, 0) is 27.2 Å². The SMILES string of the molecule is CCc1noc(CCC(=O)N2CCOC(C)(C(=O)NC3CCCC3)C2)n1. The molecule has 26 heavy (non-hydrogen) atoms. The first kappa shape index (κ1) is 18.8. The minimum atomic E-state index is -0.990. The zero-order valence-corrected chi connectivity index (χ0v) is 15.6. The molecular formula is C18H28N4O4. The molecule has 1 atom stereocenters. The van der Waals surface area contributed by atoms with Crippen LogP contribution in [0.1, 0.15) is 57.7 Å². The van der Waals surface area contributed by atoms with Gasteiger partial charge in [-0.3, -0.25) is 9.59 Å². The van der Waals surface area contributed by atoms with E-state index in [-0.39, 0.29) is 30.8 Å². The molecule has 2 aliphatic rings. The fraction of sp³-hybridized carbons (Fsp3) is 0.778. The quantitative estimate of drug-likeness (QED) is 0.816. The Morgan fingerprint density at radius 1 is 1.35 bits per heavy atom. The number of nitrogens with zero attached hydrogens (tertiary/aromatic N) is 3. The largest absolute Gasteiger partial charge is 0.362 e. The monoisotopic (exact) mass is 364 g/mol. The van der Waals surface area contributed by atoms with Crippen LogP contribution >= 0.6 is 0 Å². The molecule has 3 rings (SSSR count). The number of carbonyl (C=O) groups is 2. The maximum Gasteiger partial charge on any atom is 0.254 e. The summed E-state index contributed by atoms with van der Waals surface area (Å²) in [6, 6.07) is 0.235. The minimum absolute atomic E-state index is 0.0237. The Hall–Kier alpha value is -1.96. The number of hydrogen-bond acceptors (Lipinski definition) is 6. The first-order valence-electron chi connectivity index (χ1n) is 9.54. The van der Waals surface area contributed by atoms with E-state index in [9.17, 15) is 9.59 Å². The van der Waals surface area contributed by atoms with E-state index in [2.05, 4.69) is 15.5 Å². The second kappa shape index (κ2) is 8.16. The van der Waals surface area contributed by atoms with E-state index in [4.69, 9.17) is 9.26 Å². The summed E-state index contributed by atoms with van der Waals surface area (Å²) in [4.78, 5) is 31.1. The first-order valence-corrected chi connectivity index (χ1v) is 9.54. The fourth-order valence-electron chi connectivity index (χ4n) is 3.54. The Balaban J connectivity index is 1.52. The van der Waals surface area contributed by atoms with Crippen molar-refractivity contribution >= 4 is 11.8 Å². The number of nitrogens with one attached hydrogen (secondary N) is 1. The number of amides is 2. The van der Waals surface area contributed by atoms with Gasteiger partial charge in [0.1, 0.15) is 0 Å². The van der Waals surface area contributed by atoms with Gasteiger partial charge >= 0.3 is 0 Å². The number of morpholine rings is 1. The van der Waals surface area contributed by atoms with Crippen molar-refractivity contribution in [1.29, 1.82) is 0 Å². The maximum atomic E-state index is 12.7. The number of hydrogen-bond donors (Lipinski definition) is 1. The number of aryl methyl sites for hydroxylation is 2. The van der Waals surface area contributed by atoms with E-state index in [1.807, 2.05) is 6.92 Å². The van der Waals surface area contributed by atoms with Gasteiger partial charge in [-0.05, 0) is 19.8 Å². The molecule has 1 saturated carbocycles. The standard InChI is InChI=1S/C18H28N4O4/c1-3-14-20-15(26-21-14)8-9-16(23)22-10-11-25-18(2,12-22)17(24)19-13-6-4-5-7-13/h13H,3-12H2,1-2H3,(H,19,24). The number of ether oxygens (including phenoxy) is 1. The molecule has 1 unspecified atom stereocenters. The highest BCUT2D eigenvalue weighted by Crippen LogP contribution is 2.22. The third-order valence-electron chi connectivity index (χ3n) is 5.18. The highest BCUT2D eigenvalue weighted by atomic mass is 16.5. The highest BCUT2D eigenvalue weighted by molar-refractivity contribution is 5.86. The Kier molecular flexibility index (Phi) is 5.90. The van der Waals surface area contributed by atoms with Crippen LogP contribution in [0.3, 0.4) is 0 Å². The molecule has 1 aliphatic carbocycles. The van der Waals surface area contributed by atoms with Crippen molar-refractivity contribution in [3.63, 3.8) is 0 Å². The Labute approximate surface area is 153 Å². The molecule has 0 aromatic carbocycles. The topological polar surface area (TPSA) is 97.6 Å². The second-order valence-electron chi connectivity index (χ2n) is 7.31. The summed E-state index contributed by atoms with van der Waals surface area (Å²) >= 11 is 0. The lowest BCUT2D eigenvalue weighted by Gasteiger charge is -2.39. The van der Waals surface area contributed by atoms with Crippen LogP contribution < -0.4 is 5.32 Å². The molecule has 0 radical (unpaired) electrons. The molecule has 2 fully saturated rings. The van der Waals surface area contributed by atoms with Crippen LogP contribution in [0.5, 0.6) is 0 Å². The second-order valence-corrected chi connectivity index (χ2v) is 7.31. The summed E-state index contributed by atoms with van der Waals surface area (Å²) in [7, 11) is 0. The van der Waals surface area contributed by atoms with Gasteiger partial charge in [0.05, 0.1) is 13.2 Å². The normalized spacial score (nSPS) is 24.0. The lowest BCUT2D eigenvalue weighted by Crippen LogP contribution is -2.60. The lowest BCUT2D eigenvalue weighted by atomic mass is 10.0. The van der Waals surface area contributed by atoms with E-state index in [1.165, 1.54) is 0 Å². The van der Waals surface area contributed by atoms with Crippen molar-refractivity contribution in [3.05, 3.63) is 11.7 Å². The molecule has 8 nitrogen and oxygen atoms in total. The molecule has 0 spiro atoms. The fourth-order valence-corrected chi connectivity index (χ4v) is 3.54. The van der Waals surface area contributed by atoms with E-state index in [0.29, 0.717) is 37.7 Å². The van der Waals surface area contributed by atoms with Crippen molar-refractivity contribution in [2.45, 2.75) is 70.4 Å². The zero-order chi connectivity index (χ0) is 18.6. The summed E-state index contributed by atoms with van der Waals surface area (Å²) < 4.78 is 10.9. The van der Waals surface area contributed by atoms with Crippen LogP contribution in [0.25, 0.3) is 0 Å². The molecule has 1 aromatic heterocycles. The smallest absolute Gasteiger partial charge is 0.254 e.